The maximum atomic E-state index is 5.55. The van der Waals surface area contributed by atoms with Crippen molar-refractivity contribution in [2.45, 2.75) is 18.9 Å². The fourth-order valence-corrected chi connectivity index (χ4v) is 2.28. The van der Waals surface area contributed by atoms with Gasteiger partial charge < -0.3 is 19.7 Å². The lowest BCUT2D eigenvalue weighted by Crippen LogP contribution is -2.36. The molecule has 4 heteroatoms. The molecule has 1 aliphatic rings. The van der Waals surface area contributed by atoms with Gasteiger partial charge in [0.05, 0.1) is 6.61 Å². The Morgan fingerprint density at radius 1 is 1.16 bits per heavy atom. The second kappa shape index (κ2) is 7.36. The number of ether oxygens (including phenoxy) is 2. The molecule has 4 nitrogen and oxygen atoms in total. The summed E-state index contributed by atoms with van der Waals surface area (Å²) in [6.45, 7) is 3.57. The Morgan fingerprint density at radius 2 is 1.84 bits per heavy atom. The summed E-state index contributed by atoms with van der Waals surface area (Å²) in [5.41, 5.74) is 1.17. The Kier molecular flexibility index (Phi) is 5.48. The second-order valence-electron chi connectivity index (χ2n) is 5.09. The van der Waals surface area contributed by atoms with E-state index in [1.165, 1.54) is 31.6 Å². The van der Waals surface area contributed by atoms with E-state index in [1.807, 2.05) is 12.1 Å². The van der Waals surface area contributed by atoms with Crippen molar-refractivity contribution in [1.29, 1.82) is 0 Å². The summed E-state index contributed by atoms with van der Waals surface area (Å²) in [6, 6.07) is 8.78. The topological polar surface area (TPSA) is 33.7 Å². The lowest BCUT2D eigenvalue weighted by molar-refractivity contribution is 0.146. The number of anilines is 1. The summed E-state index contributed by atoms with van der Waals surface area (Å²) in [5.74, 6) is 0.894. The normalized spacial score (nSPS) is 17.4. The molecule has 0 saturated carbocycles. The number of nitrogens with one attached hydrogen (secondary N) is 1. The van der Waals surface area contributed by atoms with E-state index in [2.05, 4.69) is 29.4 Å². The number of rotatable bonds is 6. The molecule has 19 heavy (non-hydrogen) atoms. The molecular weight excluding hydrogens is 240 g/mol. The number of benzene rings is 1. The number of likely N-dealkylation sites (tertiary alicyclic amines) is 1. The Bertz CT molecular complexity index is 359. The molecule has 1 aromatic rings. The smallest absolute Gasteiger partial charge is 0.119 e. The van der Waals surface area contributed by atoms with Crippen LogP contribution in [0.2, 0.25) is 0 Å². The van der Waals surface area contributed by atoms with E-state index < -0.39 is 0 Å². The first-order valence-corrected chi connectivity index (χ1v) is 6.95. The van der Waals surface area contributed by atoms with E-state index in [9.17, 15) is 0 Å². The van der Waals surface area contributed by atoms with Crippen molar-refractivity contribution in [1.82, 2.24) is 4.90 Å². The van der Waals surface area contributed by atoms with Gasteiger partial charge in [0, 0.05) is 18.8 Å². The molecule has 0 bridgehead atoms. The average Bonchev–Trinajstić information content (AvgIpc) is 2.44. The van der Waals surface area contributed by atoms with Crippen LogP contribution in [0.3, 0.4) is 0 Å². The summed E-state index contributed by atoms with van der Waals surface area (Å²) in [6.07, 6.45) is 2.42. The maximum absolute atomic E-state index is 5.55. The first kappa shape index (κ1) is 14.2. The second-order valence-corrected chi connectivity index (χ2v) is 5.09. The summed E-state index contributed by atoms with van der Waals surface area (Å²) >= 11 is 0. The molecule has 106 valence electrons. The third-order valence-electron chi connectivity index (χ3n) is 3.50. The van der Waals surface area contributed by atoms with Crippen molar-refractivity contribution in [3.8, 4) is 5.75 Å². The number of hydrogen-bond donors (Lipinski definition) is 1. The molecular formula is C15H24N2O2. The van der Waals surface area contributed by atoms with E-state index in [4.69, 9.17) is 9.47 Å². The molecule has 1 aliphatic heterocycles. The molecule has 0 amide bonds. The van der Waals surface area contributed by atoms with E-state index in [0.29, 0.717) is 19.3 Å². The van der Waals surface area contributed by atoms with Crippen LogP contribution in [0.1, 0.15) is 12.8 Å². The van der Waals surface area contributed by atoms with Crippen LogP contribution in [0.4, 0.5) is 5.69 Å². The van der Waals surface area contributed by atoms with Crippen LogP contribution in [0.25, 0.3) is 0 Å². The minimum atomic E-state index is 0.594. The molecule has 1 heterocycles. The molecule has 1 N–H and O–H groups in total. The molecule has 0 atom stereocenters. The van der Waals surface area contributed by atoms with Crippen LogP contribution in [-0.2, 0) is 4.74 Å². The van der Waals surface area contributed by atoms with Gasteiger partial charge in [0.2, 0.25) is 0 Å². The van der Waals surface area contributed by atoms with Crippen LogP contribution >= 0.6 is 0 Å². The van der Waals surface area contributed by atoms with Gasteiger partial charge in [-0.05, 0) is 57.2 Å². The van der Waals surface area contributed by atoms with Crippen LogP contribution in [0.15, 0.2) is 24.3 Å². The quantitative estimate of drug-likeness (QED) is 0.799. The Balaban J connectivity index is 1.78. The zero-order valence-corrected chi connectivity index (χ0v) is 11.9. The molecule has 0 aromatic heterocycles. The SMILES string of the molecule is COCCOc1ccc(NC2CCN(C)CC2)cc1. The van der Waals surface area contributed by atoms with Crippen LogP contribution < -0.4 is 10.1 Å². The molecule has 0 aliphatic carbocycles. The van der Waals surface area contributed by atoms with E-state index in [-0.39, 0.29) is 0 Å². The zero-order chi connectivity index (χ0) is 13.5. The van der Waals surface area contributed by atoms with Gasteiger partial charge in [-0.2, -0.15) is 0 Å². The summed E-state index contributed by atoms with van der Waals surface area (Å²) in [4.78, 5) is 2.38. The van der Waals surface area contributed by atoms with Gasteiger partial charge >= 0.3 is 0 Å². The monoisotopic (exact) mass is 264 g/mol. The van der Waals surface area contributed by atoms with E-state index >= 15 is 0 Å². The standard InChI is InChI=1S/C15H24N2O2/c1-17-9-7-14(8-10-17)16-13-3-5-15(6-4-13)19-12-11-18-2/h3-6,14,16H,7-12H2,1-2H3. The Morgan fingerprint density at radius 3 is 2.47 bits per heavy atom. The highest BCUT2D eigenvalue weighted by Gasteiger charge is 2.15. The van der Waals surface area contributed by atoms with Crippen molar-refractivity contribution < 1.29 is 9.47 Å². The highest BCUT2D eigenvalue weighted by Crippen LogP contribution is 2.19. The summed E-state index contributed by atoms with van der Waals surface area (Å²) in [5, 5.41) is 3.59. The van der Waals surface area contributed by atoms with Gasteiger partial charge in [0.15, 0.2) is 0 Å². The maximum Gasteiger partial charge on any atom is 0.119 e. The van der Waals surface area contributed by atoms with Gasteiger partial charge in [-0.15, -0.1) is 0 Å². The molecule has 1 saturated heterocycles. The summed E-state index contributed by atoms with van der Waals surface area (Å²) < 4.78 is 10.5. The van der Waals surface area contributed by atoms with Gasteiger partial charge in [-0.25, -0.2) is 0 Å². The summed E-state index contributed by atoms with van der Waals surface area (Å²) in [7, 11) is 3.86. The number of nitrogens with zero attached hydrogens (tertiary/aromatic N) is 1. The highest BCUT2D eigenvalue weighted by molar-refractivity contribution is 5.47. The van der Waals surface area contributed by atoms with Gasteiger partial charge in [-0.3, -0.25) is 0 Å². The van der Waals surface area contributed by atoms with Crippen molar-refractivity contribution >= 4 is 5.69 Å². The lowest BCUT2D eigenvalue weighted by atomic mass is 10.1. The molecule has 0 spiro atoms. The minimum Gasteiger partial charge on any atom is -0.491 e. The van der Waals surface area contributed by atoms with Crippen molar-refractivity contribution in [3.05, 3.63) is 24.3 Å². The predicted molar refractivity (Wildman–Crippen MR) is 78.0 cm³/mol. The van der Waals surface area contributed by atoms with E-state index in [1.54, 1.807) is 7.11 Å². The first-order chi connectivity index (χ1) is 9.28. The minimum absolute atomic E-state index is 0.594. The fourth-order valence-electron chi connectivity index (χ4n) is 2.28. The van der Waals surface area contributed by atoms with Gasteiger partial charge in [0.1, 0.15) is 12.4 Å². The van der Waals surface area contributed by atoms with Crippen molar-refractivity contribution in [2.75, 3.05) is 45.8 Å². The fraction of sp³-hybridized carbons (Fsp3) is 0.600. The molecule has 0 radical (unpaired) electrons. The molecule has 0 unspecified atom stereocenters. The average molecular weight is 264 g/mol. The van der Waals surface area contributed by atoms with Gasteiger partial charge in [-0.1, -0.05) is 0 Å². The molecule has 1 aromatic carbocycles. The number of piperidine rings is 1. The molecule has 2 rings (SSSR count). The lowest BCUT2D eigenvalue weighted by Gasteiger charge is -2.30. The number of hydrogen-bond acceptors (Lipinski definition) is 4. The van der Waals surface area contributed by atoms with E-state index in [0.717, 1.165) is 5.75 Å². The number of methoxy groups -OCH3 is 1. The highest BCUT2D eigenvalue weighted by atomic mass is 16.5. The zero-order valence-electron chi connectivity index (χ0n) is 11.9. The van der Waals surface area contributed by atoms with Crippen molar-refractivity contribution in [3.63, 3.8) is 0 Å². The Hall–Kier alpha value is -1.26. The van der Waals surface area contributed by atoms with Crippen molar-refractivity contribution in [2.24, 2.45) is 0 Å². The van der Waals surface area contributed by atoms with Crippen LogP contribution in [0, 0.1) is 0 Å². The third-order valence-corrected chi connectivity index (χ3v) is 3.50. The van der Waals surface area contributed by atoms with Crippen LogP contribution in [-0.4, -0.2) is 51.4 Å². The molecule has 1 fully saturated rings. The first-order valence-electron chi connectivity index (χ1n) is 6.95. The Labute approximate surface area is 115 Å². The third kappa shape index (κ3) is 4.73. The van der Waals surface area contributed by atoms with Gasteiger partial charge in [0.25, 0.3) is 0 Å². The van der Waals surface area contributed by atoms with Crippen LogP contribution in [0.5, 0.6) is 5.75 Å². The largest absolute Gasteiger partial charge is 0.491 e. The predicted octanol–water partition coefficient (Wildman–Crippen LogP) is 2.22.